The average molecular weight is 355 g/mol. The van der Waals surface area contributed by atoms with Crippen molar-refractivity contribution in [1.82, 2.24) is 4.98 Å². The van der Waals surface area contributed by atoms with Crippen LogP contribution < -0.4 is 15.4 Å². The molecule has 1 aliphatic rings. The fourth-order valence-electron chi connectivity index (χ4n) is 2.75. The van der Waals surface area contributed by atoms with Crippen molar-refractivity contribution in [3.05, 3.63) is 48.2 Å². The number of aromatic nitrogens is 1. The molecule has 1 aromatic carbocycles. The lowest BCUT2D eigenvalue weighted by molar-refractivity contribution is 0.102. The van der Waals surface area contributed by atoms with E-state index in [-0.39, 0.29) is 18.1 Å². The fraction of sp³-hybridized carbons (Fsp3) is 0.400. The van der Waals surface area contributed by atoms with Crippen LogP contribution in [0.5, 0.6) is 5.75 Å². The Morgan fingerprint density at radius 1 is 1.27 bits per heavy atom. The van der Waals surface area contributed by atoms with Gasteiger partial charge in [-0.1, -0.05) is 0 Å². The minimum atomic E-state index is -0.194. The van der Waals surface area contributed by atoms with E-state index in [0.717, 1.165) is 37.6 Å². The number of benzene rings is 1. The highest BCUT2D eigenvalue weighted by Crippen LogP contribution is 2.18. The fourth-order valence-corrected chi connectivity index (χ4v) is 2.75. The van der Waals surface area contributed by atoms with Gasteiger partial charge in [0.25, 0.3) is 5.91 Å². The Kier molecular flexibility index (Phi) is 6.07. The second kappa shape index (κ2) is 8.67. The number of carbonyl (C=O) groups is 1. The maximum absolute atomic E-state index is 12.3. The molecule has 1 aromatic heterocycles. The van der Waals surface area contributed by atoms with E-state index in [0.29, 0.717) is 11.3 Å². The number of anilines is 2. The third-order valence-corrected chi connectivity index (χ3v) is 4.04. The van der Waals surface area contributed by atoms with Crippen molar-refractivity contribution in [3.63, 3.8) is 0 Å². The second-order valence-electron chi connectivity index (χ2n) is 6.59. The highest BCUT2D eigenvalue weighted by Gasteiger charge is 2.15. The highest BCUT2D eigenvalue weighted by atomic mass is 16.5. The van der Waals surface area contributed by atoms with Crippen LogP contribution in [0.15, 0.2) is 42.6 Å². The Bertz CT molecular complexity index is 708. The summed E-state index contributed by atoms with van der Waals surface area (Å²) in [6, 6.07) is 10.9. The molecule has 6 nitrogen and oxygen atoms in total. The van der Waals surface area contributed by atoms with Gasteiger partial charge in [0.15, 0.2) is 0 Å². The molecule has 1 fully saturated rings. The van der Waals surface area contributed by atoms with Crippen molar-refractivity contribution in [2.75, 3.05) is 23.8 Å². The average Bonchev–Trinajstić information content (AvgIpc) is 3.15. The molecule has 0 saturated carbocycles. The molecule has 1 atom stereocenters. The van der Waals surface area contributed by atoms with Gasteiger partial charge in [0.05, 0.1) is 17.8 Å². The normalized spacial score (nSPS) is 16.5. The number of rotatable bonds is 7. The molecule has 2 heterocycles. The van der Waals surface area contributed by atoms with Crippen LogP contribution in [-0.4, -0.2) is 36.3 Å². The summed E-state index contributed by atoms with van der Waals surface area (Å²) in [6.45, 7) is 5.52. The zero-order valence-corrected chi connectivity index (χ0v) is 15.2. The van der Waals surface area contributed by atoms with Crippen LogP contribution in [0.2, 0.25) is 0 Å². The Labute approximate surface area is 153 Å². The van der Waals surface area contributed by atoms with Crippen LogP contribution in [0, 0.1) is 0 Å². The van der Waals surface area contributed by atoms with Crippen molar-refractivity contribution in [3.8, 4) is 5.75 Å². The lowest BCUT2D eigenvalue weighted by atomic mass is 10.2. The smallest absolute Gasteiger partial charge is 0.257 e. The Morgan fingerprint density at radius 2 is 2.08 bits per heavy atom. The van der Waals surface area contributed by atoms with E-state index >= 15 is 0 Å². The Morgan fingerprint density at radius 3 is 2.69 bits per heavy atom. The first kappa shape index (κ1) is 18.2. The summed E-state index contributed by atoms with van der Waals surface area (Å²) in [5.41, 5.74) is 1.22. The van der Waals surface area contributed by atoms with Crippen molar-refractivity contribution >= 4 is 17.4 Å². The van der Waals surface area contributed by atoms with Gasteiger partial charge in [-0.05, 0) is 63.1 Å². The standard InChI is InChI=1S/C20H25N3O3/c1-14(2)26-17-8-6-16(7-9-17)23-20(24)15-5-10-19(21-12-15)22-13-18-4-3-11-25-18/h5-10,12,14,18H,3-4,11,13H2,1-2H3,(H,21,22)(H,23,24). The summed E-state index contributed by atoms with van der Waals surface area (Å²) < 4.78 is 11.2. The van der Waals surface area contributed by atoms with E-state index in [4.69, 9.17) is 9.47 Å². The Balaban J connectivity index is 1.52. The number of nitrogens with zero attached hydrogens (tertiary/aromatic N) is 1. The first-order valence-corrected chi connectivity index (χ1v) is 9.00. The molecule has 138 valence electrons. The molecule has 0 bridgehead atoms. The minimum absolute atomic E-state index is 0.119. The number of hydrogen-bond acceptors (Lipinski definition) is 5. The predicted molar refractivity (Wildman–Crippen MR) is 102 cm³/mol. The van der Waals surface area contributed by atoms with E-state index in [9.17, 15) is 4.79 Å². The molecule has 1 amide bonds. The number of hydrogen-bond donors (Lipinski definition) is 2. The summed E-state index contributed by atoms with van der Waals surface area (Å²) >= 11 is 0. The number of pyridine rings is 1. The van der Waals surface area contributed by atoms with Gasteiger partial charge >= 0.3 is 0 Å². The topological polar surface area (TPSA) is 72.5 Å². The maximum Gasteiger partial charge on any atom is 0.257 e. The van der Waals surface area contributed by atoms with E-state index in [1.54, 1.807) is 12.3 Å². The van der Waals surface area contributed by atoms with Crippen LogP contribution in [-0.2, 0) is 4.74 Å². The van der Waals surface area contributed by atoms with Crippen LogP contribution >= 0.6 is 0 Å². The van der Waals surface area contributed by atoms with Crippen molar-refractivity contribution in [2.24, 2.45) is 0 Å². The molecule has 1 saturated heterocycles. The van der Waals surface area contributed by atoms with Gasteiger partial charge in [-0.15, -0.1) is 0 Å². The monoisotopic (exact) mass is 355 g/mol. The van der Waals surface area contributed by atoms with Crippen molar-refractivity contribution < 1.29 is 14.3 Å². The zero-order chi connectivity index (χ0) is 18.4. The van der Waals surface area contributed by atoms with Crippen molar-refractivity contribution in [1.29, 1.82) is 0 Å². The summed E-state index contributed by atoms with van der Waals surface area (Å²) in [5, 5.41) is 6.10. The SMILES string of the molecule is CC(C)Oc1ccc(NC(=O)c2ccc(NCC3CCCO3)nc2)cc1. The van der Waals surface area contributed by atoms with E-state index < -0.39 is 0 Å². The highest BCUT2D eigenvalue weighted by molar-refractivity contribution is 6.04. The molecular weight excluding hydrogens is 330 g/mol. The maximum atomic E-state index is 12.3. The number of ether oxygens (including phenoxy) is 2. The van der Waals surface area contributed by atoms with E-state index in [2.05, 4.69) is 15.6 Å². The summed E-state index contributed by atoms with van der Waals surface area (Å²) in [5.74, 6) is 1.33. The van der Waals surface area contributed by atoms with E-state index in [1.165, 1.54) is 0 Å². The molecular formula is C20H25N3O3. The zero-order valence-electron chi connectivity index (χ0n) is 15.2. The second-order valence-corrected chi connectivity index (χ2v) is 6.59. The van der Waals surface area contributed by atoms with Crippen LogP contribution in [0.1, 0.15) is 37.0 Å². The molecule has 0 spiro atoms. The number of nitrogens with one attached hydrogen (secondary N) is 2. The first-order chi connectivity index (χ1) is 12.6. The van der Waals surface area contributed by atoms with Crippen LogP contribution in [0.3, 0.4) is 0 Å². The molecule has 1 unspecified atom stereocenters. The molecule has 1 aliphatic heterocycles. The molecule has 2 aromatic rings. The van der Waals surface area contributed by atoms with Gasteiger partial charge in [0.1, 0.15) is 11.6 Å². The van der Waals surface area contributed by atoms with E-state index in [1.807, 2.05) is 44.2 Å². The summed E-state index contributed by atoms with van der Waals surface area (Å²) in [6.07, 6.45) is 4.14. The predicted octanol–water partition coefficient (Wildman–Crippen LogP) is 3.71. The lowest BCUT2D eigenvalue weighted by Crippen LogP contribution is -2.19. The largest absolute Gasteiger partial charge is 0.491 e. The van der Waals surface area contributed by atoms with Gasteiger partial charge < -0.3 is 20.1 Å². The lowest BCUT2D eigenvalue weighted by Gasteiger charge is -2.12. The van der Waals surface area contributed by atoms with Gasteiger partial charge in [-0.25, -0.2) is 4.98 Å². The first-order valence-electron chi connectivity index (χ1n) is 9.00. The van der Waals surface area contributed by atoms with Gasteiger partial charge in [-0.3, -0.25) is 4.79 Å². The van der Waals surface area contributed by atoms with Gasteiger partial charge in [0, 0.05) is 25.0 Å². The van der Waals surface area contributed by atoms with Gasteiger partial charge in [0.2, 0.25) is 0 Å². The van der Waals surface area contributed by atoms with Crippen LogP contribution in [0.4, 0.5) is 11.5 Å². The molecule has 0 radical (unpaired) electrons. The van der Waals surface area contributed by atoms with Crippen molar-refractivity contribution in [2.45, 2.75) is 38.9 Å². The Hall–Kier alpha value is -2.60. The summed E-state index contributed by atoms with van der Waals surface area (Å²) in [7, 11) is 0. The third kappa shape index (κ3) is 5.20. The quantitative estimate of drug-likeness (QED) is 0.792. The molecule has 6 heteroatoms. The molecule has 2 N–H and O–H groups in total. The number of amides is 1. The third-order valence-electron chi connectivity index (χ3n) is 4.04. The molecule has 0 aliphatic carbocycles. The minimum Gasteiger partial charge on any atom is -0.491 e. The number of carbonyl (C=O) groups excluding carboxylic acids is 1. The summed E-state index contributed by atoms with van der Waals surface area (Å²) in [4.78, 5) is 16.6. The van der Waals surface area contributed by atoms with Crippen LogP contribution in [0.25, 0.3) is 0 Å². The van der Waals surface area contributed by atoms with Gasteiger partial charge in [-0.2, -0.15) is 0 Å². The molecule has 3 rings (SSSR count). The molecule has 26 heavy (non-hydrogen) atoms.